The van der Waals surface area contributed by atoms with E-state index in [9.17, 15) is 4.79 Å². The number of hydrogen-bond acceptors (Lipinski definition) is 2. The Balaban J connectivity index is 0.000000325. The van der Waals surface area contributed by atoms with Crippen LogP contribution in [-0.4, -0.2) is 50.0 Å². The molecule has 0 aliphatic heterocycles. The van der Waals surface area contributed by atoms with Crippen LogP contribution in [-0.2, 0) is 0 Å². The SMILES string of the molecule is C[CH](C)[Ca][CH](C)C.O=C(O)c1ccccc1O. The molecule has 0 saturated carbocycles. The Hall–Kier alpha value is -0.250. The van der Waals surface area contributed by atoms with Gasteiger partial charge >= 0.3 is 71.5 Å². The molecular formula is C13H20CaO3. The summed E-state index contributed by atoms with van der Waals surface area (Å²) in [6.45, 7) is 9.39. The van der Waals surface area contributed by atoms with E-state index in [1.165, 1.54) is 12.1 Å². The molecule has 1 rings (SSSR count). The van der Waals surface area contributed by atoms with Gasteiger partial charge in [0, 0.05) is 0 Å². The third-order valence-electron chi connectivity index (χ3n) is 2.08. The van der Waals surface area contributed by atoms with Crippen LogP contribution in [0.3, 0.4) is 0 Å². The minimum atomic E-state index is -1.11. The van der Waals surface area contributed by atoms with E-state index in [4.69, 9.17) is 10.2 Å². The van der Waals surface area contributed by atoms with Gasteiger partial charge in [0.1, 0.15) is 11.3 Å². The largest absolute Gasteiger partial charge is 0.507 e. The van der Waals surface area contributed by atoms with Gasteiger partial charge in [-0.2, -0.15) is 0 Å². The minimum absolute atomic E-state index is 0.0671. The zero-order valence-corrected chi connectivity index (χ0v) is 13.2. The first-order valence-corrected chi connectivity index (χ1v) is 8.40. The molecule has 1 aromatic carbocycles. The van der Waals surface area contributed by atoms with Gasteiger partial charge in [-0.25, -0.2) is 4.79 Å². The van der Waals surface area contributed by atoms with Crippen molar-refractivity contribution in [1.29, 1.82) is 0 Å². The fourth-order valence-electron chi connectivity index (χ4n) is 1.60. The molecule has 0 amide bonds. The Morgan fingerprint density at radius 2 is 1.59 bits per heavy atom. The molecule has 0 saturated heterocycles. The molecule has 0 aromatic heterocycles. The number of aromatic hydroxyl groups is 1. The van der Waals surface area contributed by atoms with Crippen molar-refractivity contribution in [3.8, 4) is 5.75 Å². The minimum Gasteiger partial charge on any atom is -0.507 e. The van der Waals surface area contributed by atoms with Gasteiger partial charge in [-0.15, -0.1) is 0 Å². The summed E-state index contributed by atoms with van der Waals surface area (Å²) in [5.41, 5.74) is -0.0671. The molecule has 92 valence electrons. The summed E-state index contributed by atoms with van der Waals surface area (Å²) < 4.78 is 2.12. The van der Waals surface area contributed by atoms with Crippen molar-refractivity contribution in [3.63, 3.8) is 0 Å². The van der Waals surface area contributed by atoms with Crippen molar-refractivity contribution in [2.24, 2.45) is 0 Å². The summed E-state index contributed by atoms with van der Waals surface area (Å²) in [6, 6.07) is 5.81. The number of phenols is 1. The van der Waals surface area contributed by atoms with Gasteiger partial charge in [0.25, 0.3) is 0 Å². The van der Waals surface area contributed by atoms with Crippen molar-refractivity contribution >= 4 is 39.8 Å². The number of carboxylic acid groups (broad SMARTS) is 1. The van der Waals surface area contributed by atoms with Crippen molar-refractivity contribution in [2.75, 3.05) is 0 Å². The summed E-state index contributed by atoms with van der Waals surface area (Å²) in [4.78, 5) is 10.3. The Morgan fingerprint density at radius 3 is 1.82 bits per heavy atom. The van der Waals surface area contributed by atoms with E-state index < -0.39 is 5.97 Å². The maximum absolute atomic E-state index is 10.3. The average Bonchev–Trinajstić information content (AvgIpc) is 2.16. The van der Waals surface area contributed by atoms with E-state index in [1.54, 1.807) is 12.1 Å². The van der Waals surface area contributed by atoms with Crippen molar-refractivity contribution in [3.05, 3.63) is 29.8 Å². The van der Waals surface area contributed by atoms with Crippen LogP contribution in [0.25, 0.3) is 0 Å². The maximum atomic E-state index is 10.3. The van der Waals surface area contributed by atoms with Crippen LogP contribution in [0.2, 0.25) is 4.03 Å². The van der Waals surface area contributed by atoms with Crippen molar-refractivity contribution in [1.82, 2.24) is 0 Å². The van der Waals surface area contributed by atoms with Gasteiger partial charge in [0.15, 0.2) is 0 Å². The molecule has 0 radical (unpaired) electrons. The number of para-hydroxylation sites is 1. The quantitative estimate of drug-likeness (QED) is 0.822. The van der Waals surface area contributed by atoms with E-state index in [1.807, 2.05) is 0 Å². The molecule has 1 aromatic rings. The van der Waals surface area contributed by atoms with Crippen molar-refractivity contribution in [2.45, 2.75) is 31.7 Å². The smallest absolute Gasteiger partial charge is 0.339 e. The number of carbonyl (C=O) groups is 1. The molecule has 4 heteroatoms. The van der Waals surface area contributed by atoms with Crippen molar-refractivity contribution < 1.29 is 15.0 Å². The zero-order chi connectivity index (χ0) is 13.4. The number of carboxylic acids is 1. The van der Waals surface area contributed by atoms with E-state index in [-0.39, 0.29) is 45.2 Å². The monoisotopic (exact) mass is 264 g/mol. The molecule has 0 aliphatic carbocycles. The van der Waals surface area contributed by atoms with Gasteiger partial charge in [-0.05, 0) is 12.1 Å². The number of benzene rings is 1. The van der Waals surface area contributed by atoms with Crippen LogP contribution in [0.4, 0.5) is 0 Å². The summed E-state index contributed by atoms with van der Waals surface area (Å²) in [7, 11) is 0. The Kier molecular flexibility index (Phi) is 8.66. The second-order valence-corrected chi connectivity index (χ2v) is 10.7. The van der Waals surface area contributed by atoms with Crippen LogP contribution in [0.5, 0.6) is 5.75 Å². The summed E-state index contributed by atoms with van der Waals surface area (Å²) in [5.74, 6) is -1.31. The van der Waals surface area contributed by atoms with Crippen LogP contribution in [0.15, 0.2) is 24.3 Å². The van der Waals surface area contributed by atoms with E-state index in [0.29, 0.717) is 0 Å². The first-order chi connectivity index (χ1) is 7.84. The fraction of sp³-hybridized carbons (Fsp3) is 0.462. The van der Waals surface area contributed by atoms with Gasteiger partial charge in [-0.3, -0.25) is 0 Å². The number of aromatic carboxylic acids is 1. The molecule has 0 atom stereocenters. The number of hydrogen-bond donors (Lipinski definition) is 2. The Morgan fingerprint density at radius 1 is 1.12 bits per heavy atom. The predicted octanol–water partition coefficient (Wildman–Crippen LogP) is 3.44. The number of rotatable bonds is 3. The molecule has 0 fully saturated rings. The zero-order valence-electron chi connectivity index (χ0n) is 11.0. The summed E-state index contributed by atoms with van der Waals surface area (Å²) >= 11 is -0.0972. The Bertz CT molecular complexity index is 342. The van der Waals surface area contributed by atoms with Gasteiger partial charge < -0.3 is 10.2 Å². The molecule has 0 heterocycles. The standard InChI is InChI=1S/C7H6O3.2C3H7.Ca/c8-6-4-2-1-3-5(6)7(9)10;2*1-3-2;/h1-4,8H,(H,9,10);2*3H,1-2H3;. The molecule has 17 heavy (non-hydrogen) atoms. The van der Waals surface area contributed by atoms with E-state index in [0.717, 1.165) is 4.03 Å². The Labute approximate surface area is 121 Å². The molecular weight excluding hydrogens is 244 g/mol. The van der Waals surface area contributed by atoms with Crippen LogP contribution in [0, 0.1) is 0 Å². The third kappa shape index (κ3) is 8.47. The van der Waals surface area contributed by atoms with Crippen LogP contribution < -0.4 is 0 Å². The van der Waals surface area contributed by atoms with Gasteiger partial charge in [-0.1, -0.05) is 12.1 Å². The summed E-state index contributed by atoms with van der Waals surface area (Å²) in [5, 5.41) is 17.3. The van der Waals surface area contributed by atoms with Gasteiger partial charge in [0.2, 0.25) is 0 Å². The summed E-state index contributed by atoms with van der Waals surface area (Å²) in [6.07, 6.45) is 0. The third-order valence-corrected chi connectivity index (χ3v) is 5.02. The fourth-order valence-corrected chi connectivity index (χ4v) is 4.54. The van der Waals surface area contributed by atoms with E-state index in [2.05, 4.69) is 27.7 Å². The second kappa shape index (κ2) is 8.78. The molecule has 0 bridgehead atoms. The molecule has 0 unspecified atom stereocenters. The van der Waals surface area contributed by atoms with Gasteiger partial charge in [0.05, 0.1) is 0 Å². The molecule has 0 aliphatic rings. The first kappa shape index (κ1) is 16.7. The average molecular weight is 264 g/mol. The van der Waals surface area contributed by atoms with Crippen LogP contribution in [0.1, 0.15) is 38.1 Å². The maximum Gasteiger partial charge on any atom is 0.339 e. The first-order valence-electron chi connectivity index (χ1n) is 5.85. The normalized spacial score (nSPS) is 9.53. The van der Waals surface area contributed by atoms with E-state index >= 15 is 0 Å². The topological polar surface area (TPSA) is 57.5 Å². The molecule has 0 spiro atoms. The van der Waals surface area contributed by atoms with Crippen LogP contribution >= 0.6 is 0 Å². The second-order valence-electron chi connectivity index (χ2n) is 4.85. The molecule has 3 nitrogen and oxygen atoms in total. The molecule has 2 N–H and O–H groups in total. The predicted molar refractivity (Wildman–Crippen MR) is 71.0 cm³/mol.